The van der Waals surface area contributed by atoms with Crippen LogP contribution < -0.4 is 4.90 Å². The van der Waals surface area contributed by atoms with Crippen molar-refractivity contribution in [2.24, 2.45) is 0 Å². The Bertz CT molecular complexity index is 596. The summed E-state index contributed by atoms with van der Waals surface area (Å²) in [5.41, 5.74) is 1.32. The van der Waals surface area contributed by atoms with Crippen molar-refractivity contribution in [3.63, 3.8) is 0 Å². The van der Waals surface area contributed by atoms with Crippen molar-refractivity contribution in [2.75, 3.05) is 25.2 Å². The predicted molar refractivity (Wildman–Crippen MR) is 79.0 cm³/mol. The van der Waals surface area contributed by atoms with Crippen LogP contribution in [0.2, 0.25) is 5.15 Å². The van der Waals surface area contributed by atoms with Gasteiger partial charge in [0.2, 0.25) is 0 Å². The minimum atomic E-state index is 0.246. The summed E-state index contributed by atoms with van der Waals surface area (Å²) in [6.45, 7) is 1.77. The van der Waals surface area contributed by atoms with Gasteiger partial charge in [-0.15, -0.1) is 0 Å². The van der Waals surface area contributed by atoms with Crippen LogP contribution in [0.5, 0.6) is 0 Å². The lowest BCUT2D eigenvalue weighted by molar-refractivity contribution is 0.205. The number of rotatable bonds is 6. The highest BCUT2D eigenvalue weighted by atomic mass is 35.5. The van der Waals surface area contributed by atoms with E-state index < -0.39 is 0 Å². The number of halogens is 1. The summed E-state index contributed by atoms with van der Waals surface area (Å²) in [5.74, 6) is 0. The van der Waals surface area contributed by atoms with Gasteiger partial charge in [0.25, 0.3) is 0 Å². The van der Waals surface area contributed by atoms with Crippen molar-refractivity contribution < 1.29 is 4.74 Å². The van der Waals surface area contributed by atoms with E-state index in [9.17, 15) is 5.26 Å². The molecule has 0 bridgehead atoms. The van der Waals surface area contributed by atoms with Crippen molar-refractivity contribution in [1.29, 1.82) is 5.26 Å². The largest absolute Gasteiger partial charge is 0.383 e. The molecule has 2 aromatic rings. The Hall–Kier alpha value is -1.68. The van der Waals surface area contributed by atoms with Crippen molar-refractivity contribution in [3.05, 3.63) is 40.8 Å². The molecule has 0 aromatic carbocycles. The normalized spacial score (nSPS) is 10.2. The topological polar surface area (TPSA) is 62.0 Å². The van der Waals surface area contributed by atoms with Crippen LogP contribution in [0.25, 0.3) is 0 Å². The van der Waals surface area contributed by atoms with Crippen LogP contribution in [-0.2, 0) is 11.3 Å². The van der Waals surface area contributed by atoms with Crippen LogP contribution in [0.3, 0.4) is 0 Å². The molecule has 0 saturated heterocycles. The standard InChI is InChI=1S/C13H13ClN4OS/c1-19-7-6-18(9-10-4-2-3-5-16-10)13-11(8-15)12(14)17-20-13/h2-5H,6-7,9H2,1H3. The van der Waals surface area contributed by atoms with Gasteiger partial charge in [-0.3, -0.25) is 4.98 Å². The van der Waals surface area contributed by atoms with Crippen molar-refractivity contribution in [3.8, 4) is 6.07 Å². The fourth-order valence-electron chi connectivity index (χ4n) is 1.71. The first kappa shape index (κ1) is 14.7. The zero-order chi connectivity index (χ0) is 14.4. The second-order valence-electron chi connectivity index (χ2n) is 4.00. The van der Waals surface area contributed by atoms with Crippen molar-refractivity contribution in [1.82, 2.24) is 9.36 Å². The van der Waals surface area contributed by atoms with E-state index in [4.69, 9.17) is 16.3 Å². The molecule has 5 nitrogen and oxygen atoms in total. The van der Waals surface area contributed by atoms with Gasteiger partial charge in [0.1, 0.15) is 16.6 Å². The van der Waals surface area contributed by atoms with Crippen LogP contribution in [0.15, 0.2) is 24.4 Å². The van der Waals surface area contributed by atoms with Gasteiger partial charge in [0, 0.05) is 19.9 Å². The molecule has 0 atom stereocenters. The quantitative estimate of drug-likeness (QED) is 0.821. The summed E-state index contributed by atoms with van der Waals surface area (Å²) < 4.78 is 9.16. The van der Waals surface area contributed by atoms with E-state index in [1.165, 1.54) is 11.5 Å². The number of anilines is 1. The molecule has 0 aliphatic heterocycles. The number of hydrogen-bond donors (Lipinski definition) is 0. The molecule has 0 aliphatic rings. The van der Waals surface area contributed by atoms with Gasteiger partial charge in [-0.2, -0.15) is 9.64 Å². The summed E-state index contributed by atoms with van der Waals surface area (Å²) in [7, 11) is 1.64. The Morgan fingerprint density at radius 1 is 1.50 bits per heavy atom. The van der Waals surface area contributed by atoms with Gasteiger partial charge in [-0.1, -0.05) is 17.7 Å². The van der Waals surface area contributed by atoms with Crippen LogP contribution in [0.4, 0.5) is 5.00 Å². The molecule has 2 aromatic heterocycles. The molecule has 0 saturated carbocycles. The van der Waals surface area contributed by atoms with Crippen LogP contribution >= 0.6 is 23.1 Å². The zero-order valence-corrected chi connectivity index (χ0v) is 12.5. The number of methoxy groups -OCH3 is 1. The maximum absolute atomic E-state index is 9.19. The lowest BCUT2D eigenvalue weighted by Gasteiger charge is -2.22. The van der Waals surface area contributed by atoms with E-state index in [0.29, 0.717) is 25.3 Å². The Morgan fingerprint density at radius 3 is 3.00 bits per heavy atom. The molecule has 0 aliphatic carbocycles. The highest BCUT2D eigenvalue weighted by Gasteiger charge is 2.18. The number of aromatic nitrogens is 2. The molecule has 0 amide bonds. The Balaban J connectivity index is 2.25. The minimum absolute atomic E-state index is 0.246. The molecular formula is C13H13ClN4OS. The van der Waals surface area contributed by atoms with E-state index in [0.717, 1.165) is 10.7 Å². The number of nitriles is 1. The second kappa shape index (κ2) is 7.20. The van der Waals surface area contributed by atoms with E-state index in [1.807, 2.05) is 23.1 Å². The SMILES string of the molecule is COCCN(Cc1ccccn1)c1snc(Cl)c1C#N. The number of ether oxygens (including phenoxy) is 1. The highest BCUT2D eigenvalue weighted by Crippen LogP contribution is 2.31. The van der Waals surface area contributed by atoms with Crippen LogP contribution in [-0.4, -0.2) is 29.6 Å². The summed E-state index contributed by atoms with van der Waals surface area (Å²) in [6.07, 6.45) is 1.74. The zero-order valence-electron chi connectivity index (χ0n) is 10.9. The predicted octanol–water partition coefficient (Wildman–Crippen LogP) is 2.72. The average Bonchev–Trinajstić information content (AvgIpc) is 2.85. The maximum atomic E-state index is 9.19. The second-order valence-corrected chi connectivity index (χ2v) is 5.11. The number of nitrogens with zero attached hydrogens (tertiary/aromatic N) is 4. The first-order chi connectivity index (χ1) is 9.76. The maximum Gasteiger partial charge on any atom is 0.162 e. The molecule has 2 rings (SSSR count). The molecule has 0 radical (unpaired) electrons. The Labute approximate surface area is 126 Å². The third-order valence-corrected chi connectivity index (χ3v) is 3.96. The van der Waals surface area contributed by atoms with Gasteiger partial charge < -0.3 is 9.64 Å². The summed E-state index contributed by atoms with van der Waals surface area (Å²) >= 11 is 7.15. The summed E-state index contributed by atoms with van der Waals surface area (Å²) in [4.78, 5) is 6.31. The third-order valence-electron chi connectivity index (χ3n) is 2.68. The number of pyridine rings is 1. The molecule has 0 unspecified atom stereocenters. The average molecular weight is 309 g/mol. The Kier molecular flexibility index (Phi) is 5.30. The lowest BCUT2D eigenvalue weighted by atomic mass is 10.3. The van der Waals surface area contributed by atoms with Gasteiger partial charge in [-0.05, 0) is 23.7 Å². The van der Waals surface area contributed by atoms with Gasteiger partial charge in [0.05, 0.1) is 18.8 Å². The van der Waals surface area contributed by atoms with Crippen molar-refractivity contribution in [2.45, 2.75) is 6.54 Å². The molecule has 7 heteroatoms. The fourth-order valence-corrected chi connectivity index (χ4v) is 2.77. The summed E-state index contributed by atoms with van der Waals surface area (Å²) in [5, 5.41) is 10.2. The van der Waals surface area contributed by atoms with Crippen LogP contribution in [0, 0.1) is 11.3 Å². The first-order valence-electron chi connectivity index (χ1n) is 5.95. The van der Waals surface area contributed by atoms with Gasteiger partial charge in [-0.25, -0.2) is 0 Å². The van der Waals surface area contributed by atoms with E-state index in [2.05, 4.69) is 15.4 Å². The fraction of sp³-hybridized carbons (Fsp3) is 0.308. The van der Waals surface area contributed by atoms with E-state index in [1.54, 1.807) is 13.3 Å². The van der Waals surface area contributed by atoms with Crippen LogP contribution in [0.1, 0.15) is 11.3 Å². The van der Waals surface area contributed by atoms with E-state index in [-0.39, 0.29) is 5.15 Å². The molecule has 2 heterocycles. The smallest absolute Gasteiger partial charge is 0.162 e. The highest BCUT2D eigenvalue weighted by molar-refractivity contribution is 7.10. The molecule has 0 N–H and O–H groups in total. The lowest BCUT2D eigenvalue weighted by Crippen LogP contribution is -2.27. The number of hydrogen-bond acceptors (Lipinski definition) is 6. The molecule has 0 spiro atoms. The Morgan fingerprint density at radius 2 is 2.35 bits per heavy atom. The van der Waals surface area contributed by atoms with Gasteiger partial charge in [0.15, 0.2) is 5.15 Å². The third kappa shape index (κ3) is 3.45. The minimum Gasteiger partial charge on any atom is -0.383 e. The van der Waals surface area contributed by atoms with Gasteiger partial charge >= 0.3 is 0 Å². The molecule has 20 heavy (non-hydrogen) atoms. The monoisotopic (exact) mass is 308 g/mol. The molecule has 0 fully saturated rings. The molecule has 104 valence electrons. The van der Waals surface area contributed by atoms with Crippen molar-refractivity contribution >= 4 is 28.1 Å². The first-order valence-corrected chi connectivity index (χ1v) is 7.10. The van der Waals surface area contributed by atoms with E-state index >= 15 is 0 Å². The molecular weight excluding hydrogens is 296 g/mol. The summed E-state index contributed by atoms with van der Waals surface area (Å²) in [6, 6.07) is 7.84.